The third-order valence-corrected chi connectivity index (χ3v) is 4.62. The van der Waals surface area contributed by atoms with Crippen LogP contribution >= 0.6 is 0 Å². The Morgan fingerprint density at radius 3 is 2.72 bits per heavy atom. The van der Waals surface area contributed by atoms with E-state index < -0.39 is 0 Å². The Labute approximate surface area is 146 Å². The second kappa shape index (κ2) is 6.20. The summed E-state index contributed by atoms with van der Waals surface area (Å²) in [5.74, 6) is -0.181. The number of rotatable bonds is 3. The van der Waals surface area contributed by atoms with Crippen LogP contribution in [-0.4, -0.2) is 33.6 Å². The smallest absolute Gasteiger partial charge is 0.261 e. The van der Waals surface area contributed by atoms with Crippen LogP contribution in [0.3, 0.4) is 0 Å². The van der Waals surface area contributed by atoms with Crippen molar-refractivity contribution in [3.8, 4) is 0 Å². The maximum Gasteiger partial charge on any atom is 0.261 e. The number of carbonyl (C=O) groups excluding carboxylic acids is 1. The predicted molar refractivity (Wildman–Crippen MR) is 98.3 cm³/mol. The first-order valence-corrected chi connectivity index (χ1v) is 8.61. The van der Waals surface area contributed by atoms with E-state index in [1.54, 1.807) is 10.7 Å². The number of fused-ring (bicyclic) bond motifs is 1. The van der Waals surface area contributed by atoms with Gasteiger partial charge < -0.3 is 10.2 Å². The molecule has 0 atom stereocenters. The molecule has 0 saturated carbocycles. The minimum absolute atomic E-state index is 0.181. The van der Waals surface area contributed by atoms with Crippen LogP contribution in [0.5, 0.6) is 0 Å². The Kier molecular flexibility index (Phi) is 3.87. The molecule has 1 amide bonds. The van der Waals surface area contributed by atoms with Crippen molar-refractivity contribution in [2.45, 2.75) is 26.7 Å². The minimum atomic E-state index is -0.181. The predicted octanol–water partition coefficient (Wildman–Crippen LogP) is 3.20. The van der Waals surface area contributed by atoms with Crippen LogP contribution in [0.1, 0.15) is 34.6 Å². The van der Waals surface area contributed by atoms with Gasteiger partial charge in [-0.25, -0.2) is 9.50 Å². The largest absolute Gasteiger partial charge is 0.370 e. The maximum absolute atomic E-state index is 12.9. The van der Waals surface area contributed by atoms with E-state index in [1.165, 1.54) is 12.8 Å². The van der Waals surface area contributed by atoms with Gasteiger partial charge in [0.1, 0.15) is 5.56 Å². The zero-order valence-corrected chi connectivity index (χ0v) is 14.5. The summed E-state index contributed by atoms with van der Waals surface area (Å²) in [6.45, 7) is 5.94. The highest BCUT2D eigenvalue weighted by molar-refractivity contribution is 6.09. The molecule has 1 aliphatic heterocycles. The molecule has 1 aromatic carbocycles. The molecule has 1 N–H and O–H groups in total. The van der Waals surface area contributed by atoms with E-state index in [4.69, 9.17) is 0 Å². The first-order chi connectivity index (χ1) is 12.1. The topological polar surface area (TPSA) is 62.5 Å². The highest BCUT2D eigenvalue weighted by Gasteiger charge is 2.19. The highest BCUT2D eigenvalue weighted by atomic mass is 16.1. The van der Waals surface area contributed by atoms with Crippen molar-refractivity contribution in [2.24, 2.45) is 0 Å². The number of hydrogen-bond acceptors (Lipinski definition) is 4. The van der Waals surface area contributed by atoms with Crippen molar-refractivity contribution in [3.63, 3.8) is 0 Å². The van der Waals surface area contributed by atoms with Gasteiger partial charge in [-0.15, -0.1) is 0 Å². The molecule has 2 aromatic heterocycles. The van der Waals surface area contributed by atoms with Gasteiger partial charge in [0, 0.05) is 24.5 Å². The SMILES string of the molecule is Cc1cc(C)n2ncc(C(=O)Nc3ccccc3N3CCCC3)c2n1. The van der Waals surface area contributed by atoms with Crippen molar-refractivity contribution in [3.05, 3.63) is 53.5 Å². The third-order valence-electron chi connectivity index (χ3n) is 4.62. The van der Waals surface area contributed by atoms with E-state index in [2.05, 4.69) is 26.4 Å². The van der Waals surface area contributed by atoms with Crippen LogP contribution in [0.25, 0.3) is 5.65 Å². The molecule has 0 radical (unpaired) electrons. The Bertz CT molecular complexity index is 940. The molecule has 0 aliphatic carbocycles. The van der Waals surface area contributed by atoms with E-state index in [0.29, 0.717) is 11.2 Å². The van der Waals surface area contributed by atoms with Crippen LogP contribution in [-0.2, 0) is 0 Å². The van der Waals surface area contributed by atoms with Gasteiger partial charge >= 0.3 is 0 Å². The molecule has 1 fully saturated rings. The van der Waals surface area contributed by atoms with Gasteiger partial charge in [-0.1, -0.05) is 12.1 Å². The van der Waals surface area contributed by atoms with Gasteiger partial charge in [0.25, 0.3) is 5.91 Å². The summed E-state index contributed by atoms with van der Waals surface area (Å²) in [4.78, 5) is 19.7. The molecule has 1 saturated heterocycles. The van der Waals surface area contributed by atoms with Crippen LogP contribution in [0.15, 0.2) is 36.5 Å². The number of anilines is 2. The number of para-hydroxylation sites is 2. The number of nitrogens with zero attached hydrogens (tertiary/aromatic N) is 4. The molecule has 0 unspecified atom stereocenters. The normalized spacial score (nSPS) is 14.2. The van der Waals surface area contributed by atoms with Gasteiger partial charge in [0.2, 0.25) is 0 Å². The molecule has 1 aliphatic rings. The fourth-order valence-electron chi connectivity index (χ4n) is 3.43. The Balaban J connectivity index is 1.67. The van der Waals surface area contributed by atoms with Crippen molar-refractivity contribution in [2.75, 3.05) is 23.3 Å². The molecular formula is C19H21N5O. The lowest BCUT2D eigenvalue weighted by molar-refractivity contribution is 0.102. The summed E-state index contributed by atoms with van der Waals surface area (Å²) in [5.41, 5.74) is 4.82. The van der Waals surface area contributed by atoms with Gasteiger partial charge in [-0.2, -0.15) is 5.10 Å². The average molecular weight is 335 g/mol. The van der Waals surface area contributed by atoms with Crippen molar-refractivity contribution in [1.29, 1.82) is 0 Å². The number of hydrogen-bond donors (Lipinski definition) is 1. The number of aromatic nitrogens is 3. The minimum Gasteiger partial charge on any atom is -0.370 e. The second-order valence-electron chi connectivity index (χ2n) is 6.50. The molecule has 3 aromatic rings. The lowest BCUT2D eigenvalue weighted by Crippen LogP contribution is -2.21. The maximum atomic E-state index is 12.9. The van der Waals surface area contributed by atoms with Gasteiger partial charge in [-0.3, -0.25) is 4.79 Å². The monoisotopic (exact) mass is 335 g/mol. The summed E-state index contributed by atoms with van der Waals surface area (Å²) in [6.07, 6.45) is 3.97. The van der Waals surface area contributed by atoms with Gasteiger partial charge in [0.15, 0.2) is 5.65 Å². The van der Waals surface area contributed by atoms with E-state index >= 15 is 0 Å². The van der Waals surface area contributed by atoms with Gasteiger partial charge in [0.05, 0.1) is 17.6 Å². The summed E-state index contributed by atoms with van der Waals surface area (Å²) >= 11 is 0. The number of nitrogens with one attached hydrogen (secondary N) is 1. The molecule has 4 rings (SSSR count). The zero-order valence-electron chi connectivity index (χ0n) is 14.5. The molecule has 0 bridgehead atoms. The van der Waals surface area contributed by atoms with E-state index in [-0.39, 0.29) is 5.91 Å². The number of carbonyl (C=O) groups is 1. The molecular weight excluding hydrogens is 314 g/mol. The van der Waals surface area contributed by atoms with E-state index in [9.17, 15) is 4.79 Å². The molecule has 128 valence electrons. The second-order valence-corrected chi connectivity index (χ2v) is 6.50. The summed E-state index contributed by atoms with van der Waals surface area (Å²) in [7, 11) is 0. The van der Waals surface area contributed by atoms with Crippen molar-refractivity contribution in [1.82, 2.24) is 14.6 Å². The van der Waals surface area contributed by atoms with Crippen LogP contribution < -0.4 is 10.2 Å². The van der Waals surface area contributed by atoms with E-state index in [0.717, 1.165) is 35.9 Å². The summed E-state index contributed by atoms with van der Waals surface area (Å²) in [6, 6.07) is 9.90. The lowest BCUT2D eigenvalue weighted by atomic mass is 10.2. The molecule has 6 nitrogen and oxygen atoms in total. The number of amides is 1. The van der Waals surface area contributed by atoms with Crippen molar-refractivity contribution >= 4 is 22.9 Å². The molecule has 25 heavy (non-hydrogen) atoms. The fraction of sp³-hybridized carbons (Fsp3) is 0.316. The average Bonchev–Trinajstić information content (AvgIpc) is 3.24. The molecule has 3 heterocycles. The van der Waals surface area contributed by atoms with Crippen molar-refractivity contribution < 1.29 is 4.79 Å². The Morgan fingerprint density at radius 2 is 1.92 bits per heavy atom. The fourth-order valence-corrected chi connectivity index (χ4v) is 3.43. The summed E-state index contributed by atoms with van der Waals surface area (Å²) in [5, 5.41) is 7.35. The first kappa shape index (κ1) is 15.6. The third kappa shape index (κ3) is 2.84. The standard InChI is InChI=1S/C19H21N5O/c1-13-11-14(2)24-18(21-13)15(12-20-24)19(25)22-16-7-3-4-8-17(16)23-9-5-6-10-23/h3-4,7-8,11-12H,5-6,9-10H2,1-2H3,(H,22,25). The first-order valence-electron chi connectivity index (χ1n) is 8.61. The molecule has 0 spiro atoms. The summed E-state index contributed by atoms with van der Waals surface area (Å²) < 4.78 is 1.70. The zero-order chi connectivity index (χ0) is 17.4. The van der Waals surface area contributed by atoms with Crippen LogP contribution in [0.2, 0.25) is 0 Å². The number of benzene rings is 1. The number of aryl methyl sites for hydroxylation is 2. The van der Waals surface area contributed by atoms with Crippen LogP contribution in [0.4, 0.5) is 11.4 Å². The quantitative estimate of drug-likeness (QED) is 0.798. The highest BCUT2D eigenvalue weighted by Crippen LogP contribution is 2.29. The van der Waals surface area contributed by atoms with Crippen LogP contribution in [0, 0.1) is 13.8 Å². The Hall–Kier alpha value is -2.89. The van der Waals surface area contributed by atoms with Gasteiger partial charge in [-0.05, 0) is 44.9 Å². The molecule has 6 heteroatoms. The Morgan fingerprint density at radius 1 is 1.16 bits per heavy atom. The lowest BCUT2D eigenvalue weighted by Gasteiger charge is -2.21. The van der Waals surface area contributed by atoms with E-state index in [1.807, 2.05) is 38.1 Å².